The lowest BCUT2D eigenvalue weighted by Gasteiger charge is -2.25. The highest BCUT2D eigenvalue weighted by Crippen LogP contribution is 2.38. The van der Waals surface area contributed by atoms with E-state index in [4.69, 9.17) is 32.7 Å². The molecule has 1 saturated heterocycles. The average molecular weight is 472 g/mol. The molecule has 0 radical (unpaired) electrons. The maximum Gasteiger partial charge on any atom is 0.344 e. The molecule has 1 aliphatic carbocycles. The van der Waals surface area contributed by atoms with Crippen LogP contribution in [-0.2, 0) is 14.3 Å². The van der Waals surface area contributed by atoms with Gasteiger partial charge in [0.25, 0.3) is 11.1 Å². The van der Waals surface area contributed by atoms with Crippen molar-refractivity contribution in [2.75, 3.05) is 19.8 Å². The van der Waals surface area contributed by atoms with Gasteiger partial charge < -0.3 is 9.47 Å². The number of hydrogen-bond donors (Lipinski definition) is 0. The van der Waals surface area contributed by atoms with E-state index in [2.05, 4.69) is 0 Å². The summed E-state index contributed by atoms with van der Waals surface area (Å²) in [5.74, 6) is -0.272. The number of nitrogens with zero attached hydrogens (tertiary/aromatic N) is 1. The van der Waals surface area contributed by atoms with Crippen LogP contribution in [0.25, 0.3) is 6.08 Å². The second kappa shape index (κ2) is 10.6. The highest BCUT2D eigenvalue weighted by Gasteiger charge is 2.36. The Morgan fingerprint density at radius 3 is 2.50 bits per heavy atom. The van der Waals surface area contributed by atoms with Crippen LogP contribution in [0.1, 0.15) is 44.6 Å². The van der Waals surface area contributed by atoms with Crippen LogP contribution >= 0.6 is 35.0 Å². The van der Waals surface area contributed by atoms with Crippen LogP contribution in [0.5, 0.6) is 5.75 Å². The smallest absolute Gasteiger partial charge is 0.344 e. The molecule has 0 aromatic heterocycles. The van der Waals surface area contributed by atoms with Crippen molar-refractivity contribution in [3.8, 4) is 5.75 Å². The summed E-state index contributed by atoms with van der Waals surface area (Å²) in [6, 6.07) is 3.14. The van der Waals surface area contributed by atoms with Crippen LogP contribution in [0, 0.1) is 5.92 Å². The maximum absolute atomic E-state index is 12.7. The molecule has 0 spiro atoms. The quantitative estimate of drug-likeness (QED) is 0.383. The predicted molar refractivity (Wildman–Crippen MR) is 118 cm³/mol. The predicted octanol–water partition coefficient (Wildman–Crippen LogP) is 5.55. The largest absolute Gasteiger partial charge is 0.479 e. The van der Waals surface area contributed by atoms with E-state index in [1.54, 1.807) is 25.1 Å². The van der Waals surface area contributed by atoms with E-state index in [0.717, 1.165) is 37.4 Å². The van der Waals surface area contributed by atoms with Crippen LogP contribution in [-0.4, -0.2) is 41.8 Å². The SMILES string of the molecule is CCOC(=O)COc1c(Cl)cc(/C=C2/SC(=O)N(CC3CCCCC3)C2=O)cc1Cl. The molecule has 6 nitrogen and oxygen atoms in total. The number of esters is 1. The molecule has 1 saturated carbocycles. The van der Waals surface area contributed by atoms with Crippen molar-refractivity contribution in [3.63, 3.8) is 0 Å². The summed E-state index contributed by atoms with van der Waals surface area (Å²) in [6.45, 7) is 2.11. The minimum atomic E-state index is -0.527. The number of benzene rings is 1. The highest BCUT2D eigenvalue weighted by atomic mass is 35.5. The molecule has 2 aliphatic rings. The Labute approximate surface area is 189 Å². The van der Waals surface area contributed by atoms with Crippen LogP contribution < -0.4 is 4.74 Å². The van der Waals surface area contributed by atoms with E-state index >= 15 is 0 Å². The van der Waals surface area contributed by atoms with Crippen molar-refractivity contribution in [2.24, 2.45) is 5.92 Å². The van der Waals surface area contributed by atoms with Crippen molar-refractivity contribution in [2.45, 2.75) is 39.0 Å². The van der Waals surface area contributed by atoms with E-state index in [9.17, 15) is 14.4 Å². The topological polar surface area (TPSA) is 72.9 Å². The van der Waals surface area contributed by atoms with Gasteiger partial charge in [0.2, 0.25) is 0 Å². The Morgan fingerprint density at radius 1 is 1.20 bits per heavy atom. The molecule has 1 aliphatic heterocycles. The zero-order valence-corrected chi connectivity index (χ0v) is 18.9. The Balaban J connectivity index is 1.70. The fourth-order valence-electron chi connectivity index (χ4n) is 3.57. The molecule has 2 amide bonds. The number of carbonyl (C=O) groups is 3. The first-order chi connectivity index (χ1) is 14.4. The zero-order valence-electron chi connectivity index (χ0n) is 16.6. The summed E-state index contributed by atoms with van der Waals surface area (Å²) >= 11 is 13.4. The Hall–Kier alpha value is -1.70. The summed E-state index contributed by atoms with van der Waals surface area (Å²) in [4.78, 5) is 38.2. The van der Waals surface area contributed by atoms with E-state index in [1.165, 1.54) is 11.3 Å². The van der Waals surface area contributed by atoms with Crippen molar-refractivity contribution in [1.29, 1.82) is 0 Å². The van der Waals surface area contributed by atoms with Crippen molar-refractivity contribution >= 4 is 58.2 Å². The number of amides is 2. The molecule has 3 rings (SSSR count). The molecule has 2 fully saturated rings. The number of hydrogen-bond acceptors (Lipinski definition) is 6. The van der Waals surface area contributed by atoms with E-state index < -0.39 is 5.97 Å². The first-order valence-electron chi connectivity index (χ1n) is 9.92. The molecule has 0 bridgehead atoms. The molecule has 0 unspecified atom stereocenters. The van der Waals surface area contributed by atoms with E-state index in [-0.39, 0.29) is 40.2 Å². The van der Waals surface area contributed by atoms with Crippen LogP contribution in [0.15, 0.2) is 17.0 Å². The lowest BCUT2D eigenvalue weighted by molar-refractivity contribution is -0.145. The highest BCUT2D eigenvalue weighted by molar-refractivity contribution is 8.18. The monoisotopic (exact) mass is 471 g/mol. The summed E-state index contributed by atoms with van der Waals surface area (Å²) in [5.41, 5.74) is 0.566. The first kappa shape index (κ1) is 23.0. The molecule has 1 aromatic rings. The fraction of sp³-hybridized carbons (Fsp3) is 0.476. The maximum atomic E-state index is 12.7. The Morgan fingerprint density at radius 2 is 1.87 bits per heavy atom. The number of ether oxygens (including phenoxy) is 2. The number of halogens is 2. The minimum Gasteiger partial charge on any atom is -0.479 e. The number of carbonyl (C=O) groups excluding carboxylic acids is 3. The molecule has 30 heavy (non-hydrogen) atoms. The van der Waals surface area contributed by atoms with Gasteiger partial charge in [-0.1, -0.05) is 42.5 Å². The van der Waals surface area contributed by atoms with Crippen LogP contribution in [0.2, 0.25) is 10.0 Å². The van der Waals surface area contributed by atoms with Crippen molar-refractivity contribution < 1.29 is 23.9 Å². The molecule has 9 heteroatoms. The Bertz CT molecular complexity index is 844. The number of imide groups is 1. The van der Waals surface area contributed by atoms with Crippen LogP contribution in [0.4, 0.5) is 4.79 Å². The van der Waals surface area contributed by atoms with Gasteiger partial charge in [-0.2, -0.15) is 0 Å². The second-order valence-electron chi connectivity index (χ2n) is 7.20. The van der Waals surface area contributed by atoms with Crippen molar-refractivity contribution in [3.05, 3.63) is 32.6 Å². The second-order valence-corrected chi connectivity index (χ2v) is 9.01. The standard InChI is InChI=1S/C21H23Cl2NO5S/c1-2-28-18(25)12-29-19-15(22)8-14(9-16(19)23)10-17-20(26)24(21(27)30-17)11-13-6-4-3-5-7-13/h8-10,13H,2-7,11-12H2,1H3/b17-10+. The first-order valence-corrected chi connectivity index (χ1v) is 11.5. The fourth-order valence-corrected chi connectivity index (χ4v) is 5.03. The third-order valence-corrected chi connectivity index (χ3v) is 6.47. The summed E-state index contributed by atoms with van der Waals surface area (Å²) in [5, 5.41) is 0.141. The molecular formula is C21H23Cl2NO5S. The van der Waals surface area contributed by atoms with Gasteiger partial charge in [-0.3, -0.25) is 14.5 Å². The summed E-state index contributed by atoms with van der Waals surface area (Å²) < 4.78 is 10.2. The van der Waals surface area contributed by atoms with Gasteiger partial charge in [-0.25, -0.2) is 4.79 Å². The molecule has 1 aromatic carbocycles. The van der Waals surface area contributed by atoms with Crippen molar-refractivity contribution in [1.82, 2.24) is 4.90 Å². The molecule has 162 valence electrons. The van der Waals surface area contributed by atoms with Gasteiger partial charge in [0.15, 0.2) is 12.4 Å². The minimum absolute atomic E-state index is 0.161. The average Bonchev–Trinajstić information content (AvgIpc) is 2.96. The number of thioether (sulfide) groups is 1. The summed E-state index contributed by atoms with van der Waals surface area (Å²) in [6.07, 6.45) is 7.23. The van der Waals surface area contributed by atoms with Gasteiger partial charge in [0.1, 0.15) is 0 Å². The molecular weight excluding hydrogens is 449 g/mol. The van der Waals surface area contributed by atoms with Gasteiger partial charge in [-0.05, 0) is 61.2 Å². The third-order valence-electron chi connectivity index (χ3n) is 5.00. The van der Waals surface area contributed by atoms with Gasteiger partial charge in [-0.15, -0.1) is 0 Å². The molecule has 0 atom stereocenters. The third kappa shape index (κ3) is 5.71. The lowest BCUT2D eigenvalue weighted by atomic mass is 9.89. The number of rotatable bonds is 7. The van der Waals surface area contributed by atoms with E-state index in [0.29, 0.717) is 22.9 Å². The normalized spacial score (nSPS) is 18.9. The molecule has 1 heterocycles. The van der Waals surface area contributed by atoms with Crippen LogP contribution in [0.3, 0.4) is 0 Å². The summed E-state index contributed by atoms with van der Waals surface area (Å²) in [7, 11) is 0. The zero-order chi connectivity index (χ0) is 21.7. The van der Waals surface area contributed by atoms with Gasteiger partial charge in [0, 0.05) is 6.54 Å². The van der Waals surface area contributed by atoms with Gasteiger partial charge in [0.05, 0.1) is 21.6 Å². The van der Waals surface area contributed by atoms with E-state index in [1.807, 2.05) is 0 Å². The Kier molecular flexibility index (Phi) is 8.08. The van der Waals surface area contributed by atoms with Gasteiger partial charge >= 0.3 is 5.97 Å². The molecule has 0 N–H and O–H groups in total. The lowest BCUT2D eigenvalue weighted by Crippen LogP contribution is -2.34.